The number of anilines is 1. The molecule has 0 saturated heterocycles. The smallest absolute Gasteiger partial charge is 0.337 e. The predicted octanol–water partition coefficient (Wildman–Crippen LogP) is 3.65. The molecule has 108 valence electrons. The van der Waals surface area contributed by atoms with Crippen molar-refractivity contribution in [2.45, 2.75) is 6.92 Å². The number of pyridine rings is 1. The second-order valence-electron chi connectivity index (χ2n) is 4.27. The van der Waals surface area contributed by atoms with E-state index in [9.17, 15) is 9.59 Å². The van der Waals surface area contributed by atoms with Crippen LogP contribution in [0.25, 0.3) is 0 Å². The Morgan fingerprint density at radius 2 is 1.90 bits per heavy atom. The Hall–Kier alpha value is -2.11. The fourth-order valence-corrected chi connectivity index (χ4v) is 2.18. The van der Waals surface area contributed by atoms with E-state index in [-0.39, 0.29) is 22.0 Å². The number of hydrogen-bond acceptors (Lipinski definition) is 3. The van der Waals surface area contributed by atoms with Gasteiger partial charge in [0.05, 0.1) is 11.3 Å². The molecule has 0 atom stereocenters. The van der Waals surface area contributed by atoms with Crippen molar-refractivity contribution in [1.29, 1.82) is 0 Å². The van der Waals surface area contributed by atoms with E-state index in [4.69, 9.17) is 28.3 Å². The molecule has 21 heavy (non-hydrogen) atoms. The molecule has 0 fully saturated rings. The van der Waals surface area contributed by atoms with Gasteiger partial charge in [0, 0.05) is 16.3 Å². The number of carboxylic acids is 1. The number of carbonyl (C=O) groups is 2. The second kappa shape index (κ2) is 6.11. The van der Waals surface area contributed by atoms with E-state index in [0.29, 0.717) is 10.7 Å². The number of benzene rings is 1. The lowest BCUT2D eigenvalue weighted by Crippen LogP contribution is -2.15. The van der Waals surface area contributed by atoms with Crippen molar-refractivity contribution >= 4 is 40.8 Å². The van der Waals surface area contributed by atoms with E-state index in [2.05, 4.69) is 10.3 Å². The normalized spacial score (nSPS) is 10.2. The van der Waals surface area contributed by atoms with Crippen molar-refractivity contribution in [2.75, 3.05) is 5.32 Å². The van der Waals surface area contributed by atoms with Crippen LogP contribution in [0.2, 0.25) is 10.2 Å². The summed E-state index contributed by atoms with van der Waals surface area (Å²) in [5.74, 6) is -1.65. The van der Waals surface area contributed by atoms with E-state index in [1.807, 2.05) is 0 Å². The summed E-state index contributed by atoms with van der Waals surface area (Å²) in [6, 6.07) is 7.08. The number of rotatable bonds is 3. The SMILES string of the molecule is Cc1cc(C(=O)Nc2cc(Cl)ccc2C(=O)O)cc(Cl)n1. The lowest BCUT2D eigenvalue weighted by Gasteiger charge is -2.09. The molecule has 2 rings (SSSR count). The first-order valence-electron chi connectivity index (χ1n) is 5.85. The average Bonchev–Trinajstić information content (AvgIpc) is 2.37. The standard InChI is InChI=1S/C14H10Cl2N2O3/c1-7-4-8(5-12(16)17-7)13(19)18-11-6-9(15)2-3-10(11)14(20)21/h2-6H,1H3,(H,18,19)(H,20,21). The average molecular weight is 325 g/mol. The minimum absolute atomic E-state index is 0.0513. The topological polar surface area (TPSA) is 79.3 Å². The summed E-state index contributed by atoms with van der Waals surface area (Å²) in [6.45, 7) is 1.70. The molecule has 0 saturated carbocycles. The third kappa shape index (κ3) is 3.71. The number of nitrogens with zero attached hydrogens (tertiary/aromatic N) is 1. The minimum atomic E-state index is -1.16. The first kappa shape index (κ1) is 15.3. The molecule has 0 unspecified atom stereocenters. The molecule has 0 bridgehead atoms. The maximum atomic E-state index is 12.2. The van der Waals surface area contributed by atoms with E-state index in [1.165, 1.54) is 24.3 Å². The molecule has 5 nitrogen and oxygen atoms in total. The second-order valence-corrected chi connectivity index (χ2v) is 5.09. The number of nitrogens with one attached hydrogen (secondary N) is 1. The highest BCUT2D eigenvalue weighted by Crippen LogP contribution is 2.22. The molecule has 2 N–H and O–H groups in total. The number of aromatic carboxylic acids is 1. The monoisotopic (exact) mass is 324 g/mol. The molecule has 1 aromatic heterocycles. The van der Waals surface area contributed by atoms with Crippen molar-refractivity contribution in [1.82, 2.24) is 4.98 Å². The summed E-state index contributed by atoms with van der Waals surface area (Å²) in [7, 11) is 0. The van der Waals surface area contributed by atoms with E-state index in [1.54, 1.807) is 13.0 Å². The minimum Gasteiger partial charge on any atom is -0.478 e. The van der Waals surface area contributed by atoms with Crippen molar-refractivity contribution in [3.63, 3.8) is 0 Å². The van der Waals surface area contributed by atoms with E-state index in [0.717, 1.165) is 0 Å². The maximum Gasteiger partial charge on any atom is 0.337 e. The van der Waals surface area contributed by atoms with Crippen molar-refractivity contribution < 1.29 is 14.7 Å². The van der Waals surface area contributed by atoms with Crippen LogP contribution in [-0.2, 0) is 0 Å². The number of carboxylic acid groups (broad SMARTS) is 1. The zero-order valence-electron chi connectivity index (χ0n) is 10.9. The van der Waals surface area contributed by atoms with Gasteiger partial charge < -0.3 is 10.4 Å². The fourth-order valence-electron chi connectivity index (χ4n) is 1.76. The summed E-state index contributed by atoms with van der Waals surface area (Å²) in [5, 5.41) is 12.1. The summed E-state index contributed by atoms with van der Waals surface area (Å²) in [4.78, 5) is 27.3. The molecule has 1 heterocycles. The van der Waals surface area contributed by atoms with Gasteiger partial charge in [0.1, 0.15) is 5.15 Å². The summed E-state index contributed by atoms with van der Waals surface area (Å²) >= 11 is 11.6. The molecule has 1 amide bonds. The van der Waals surface area contributed by atoms with Crippen LogP contribution in [0.5, 0.6) is 0 Å². The molecule has 2 aromatic rings. The van der Waals surface area contributed by atoms with Gasteiger partial charge in [-0.25, -0.2) is 9.78 Å². The Balaban J connectivity index is 2.35. The number of carbonyl (C=O) groups excluding carboxylic acids is 1. The highest BCUT2D eigenvalue weighted by atomic mass is 35.5. The van der Waals surface area contributed by atoms with Crippen molar-refractivity contribution in [3.05, 3.63) is 57.3 Å². The largest absolute Gasteiger partial charge is 0.478 e. The van der Waals surface area contributed by atoms with Gasteiger partial charge >= 0.3 is 5.97 Å². The van der Waals surface area contributed by atoms with Crippen LogP contribution in [-0.4, -0.2) is 22.0 Å². The highest BCUT2D eigenvalue weighted by molar-refractivity contribution is 6.31. The lowest BCUT2D eigenvalue weighted by atomic mass is 10.1. The Morgan fingerprint density at radius 3 is 2.52 bits per heavy atom. The number of aromatic nitrogens is 1. The number of hydrogen-bond donors (Lipinski definition) is 2. The predicted molar refractivity (Wildman–Crippen MR) is 80.3 cm³/mol. The molecule has 0 aliphatic carbocycles. The fraction of sp³-hybridized carbons (Fsp3) is 0.0714. The van der Waals surface area contributed by atoms with Crippen molar-refractivity contribution in [3.8, 4) is 0 Å². The first-order valence-corrected chi connectivity index (χ1v) is 6.61. The Bertz CT molecular complexity index is 712. The van der Waals surface area contributed by atoms with Gasteiger partial charge in [-0.2, -0.15) is 0 Å². The van der Waals surface area contributed by atoms with Crippen LogP contribution >= 0.6 is 23.2 Å². The summed E-state index contributed by atoms with van der Waals surface area (Å²) < 4.78 is 0. The van der Waals surface area contributed by atoms with Crippen LogP contribution in [0.15, 0.2) is 30.3 Å². The van der Waals surface area contributed by atoms with Gasteiger partial charge in [-0.1, -0.05) is 23.2 Å². The molecule has 7 heteroatoms. The van der Waals surface area contributed by atoms with Gasteiger partial charge in [-0.3, -0.25) is 4.79 Å². The lowest BCUT2D eigenvalue weighted by molar-refractivity contribution is 0.0698. The summed E-state index contributed by atoms with van der Waals surface area (Å²) in [5.41, 5.74) is 0.927. The van der Waals surface area contributed by atoms with Gasteiger partial charge in [0.25, 0.3) is 5.91 Å². The third-order valence-electron chi connectivity index (χ3n) is 2.64. The zero-order valence-corrected chi connectivity index (χ0v) is 12.4. The van der Waals surface area contributed by atoms with E-state index >= 15 is 0 Å². The van der Waals surface area contributed by atoms with Gasteiger partial charge in [-0.05, 0) is 37.3 Å². The third-order valence-corrected chi connectivity index (χ3v) is 3.07. The summed E-state index contributed by atoms with van der Waals surface area (Å²) in [6.07, 6.45) is 0. The van der Waals surface area contributed by atoms with Crippen LogP contribution < -0.4 is 5.32 Å². The molecule has 0 radical (unpaired) electrons. The Morgan fingerprint density at radius 1 is 1.19 bits per heavy atom. The quantitative estimate of drug-likeness (QED) is 0.844. The maximum absolute atomic E-state index is 12.2. The van der Waals surface area contributed by atoms with Crippen molar-refractivity contribution in [2.24, 2.45) is 0 Å². The number of halogens is 2. The Kier molecular flexibility index (Phi) is 4.45. The van der Waals surface area contributed by atoms with E-state index < -0.39 is 11.9 Å². The van der Waals surface area contributed by atoms with Crippen LogP contribution in [0, 0.1) is 6.92 Å². The molecule has 0 spiro atoms. The highest BCUT2D eigenvalue weighted by Gasteiger charge is 2.15. The van der Waals surface area contributed by atoms with Crippen LogP contribution in [0.3, 0.4) is 0 Å². The van der Waals surface area contributed by atoms with Gasteiger partial charge in [0.2, 0.25) is 0 Å². The molecule has 0 aliphatic rings. The number of amides is 1. The zero-order chi connectivity index (χ0) is 15.6. The van der Waals surface area contributed by atoms with Gasteiger partial charge in [0.15, 0.2) is 0 Å². The molecule has 1 aromatic carbocycles. The first-order chi connectivity index (χ1) is 9.86. The number of aryl methyl sites for hydroxylation is 1. The molecular weight excluding hydrogens is 315 g/mol. The van der Waals surface area contributed by atoms with Gasteiger partial charge in [-0.15, -0.1) is 0 Å². The van der Waals surface area contributed by atoms with Crippen LogP contribution in [0.4, 0.5) is 5.69 Å². The van der Waals surface area contributed by atoms with Crippen LogP contribution in [0.1, 0.15) is 26.4 Å². The molecular formula is C14H10Cl2N2O3. The molecule has 0 aliphatic heterocycles. The Labute approximate surface area is 130 Å².